The van der Waals surface area contributed by atoms with Crippen molar-refractivity contribution >= 4 is 21.8 Å². The van der Waals surface area contributed by atoms with Gasteiger partial charge in [-0.1, -0.05) is 12.1 Å². The molecule has 0 atom stereocenters. The second-order valence-corrected chi connectivity index (χ2v) is 3.27. The van der Waals surface area contributed by atoms with Crippen molar-refractivity contribution in [1.82, 2.24) is 0 Å². The molecular weight excluding hydrogens is 223 g/mol. The topological polar surface area (TPSA) is 49.9 Å². The van der Waals surface area contributed by atoms with E-state index >= 15 is 0 Å². The second kappa shape index (κ2) is 3.67. The molecule has 0 aromatic heterocycles. The minimum Gasteiger partial charge on any atom is -0.387 e. The molecule has 0 unspecified atom stereocenters. The van der Waals surface area contributed by atoms with Gasteiger partial charge in [0.05, 0.1) is 10.3 Å². The molecule has 0 aliphatic carbocycles. The molecule has 4 heteroatoms. The molecule has 1 rings (SSSR count). The zero-order valence-electron chi connectivity index (χ0n) is 6.27. The fourth-order valence-electron chi connectivity index (χ4n) is 0.890. The summed E-state index contributed by atoms with van der Waals surface area (Å²) in [5.74, 6) is -0.375. The molecule has 0 saturated carbocycles. The lowest BCUT2D eigenvalue weighted by atomic mass is 10.1. The van der Waals surface area contributed by atoms with E-state index in [1.165, 1.54) is 0 Å². The molecule has 1 aromatic rings. The van der Waals surface area contributed by atoms with E-state index in [2.05, 4.69) is 15.9 Å². The van der Waals surface area contributed by atoms with Crippen LogP contribution in [0.25, 0.3) is 0 Å². The van der Waals surface area contributed by atoms with Crippen LogP contribution in [-0.4, -0.2) is 5.84 Å². The molecule has 2 nitrogen and oxygen atoms in total. The van der Waals surface area contributed by atoms with Gasteiger partial charge in [-0.15, -0.1) is 0 Å². The van der Waals surface area contributed by atoms with Crippen molar-refractivity contribution in [3.8, 4) is 0 Å². The zero-order chi connectivity index (χ0) is 9.14. The van der Waals surface area contributed by atoms with E-state index < -0.39 is 0 Å². The first kappa shape index (κ1) is 9.19. The van der Waals surface area contributed by atoms with E-state index in [4.69, 9.17) is 11.1 Å². The normalized spacial score (nSPS) is 9.83. The Morgan fingerprint density at radius 3 is 2.83 bits per heavy atom. The number of hydrogen-bond donors (Lipinski definition) is 2. The van der Waals surface area contributed by atoms with E-state index in [1.807, 2.05) is 0 Å². The van der Waals surface area contributed by atoms with Gasteiger partial charge in [0.2, 0.25) is 0 Å². The van der Waals surface area contributed by atoms with E-state index in [-0.39, 0.29) is 18.1 Å². The maximum Gasteiger partial charge on any atom is 0.141 e. The number of nitrogens with one attached hydrogen (secondary N) is 1. The smallest absolute Gasteiger partial charge is 0.141 e. The molecule has 0 aliphatic rings. The third kappa shape index (κ3) is 2.04. The van der Waals surface area contributed by atoms with E-state index in [9.17, 15) is 4.39 Å². The fourth-order valence-corrected chi connectivity index (χ4v) is 1.30. The minimum absolute atomic E-state index is 0.0352. The van der Waals surface area contributed by atoms with Crippen LogP contribution in [0.15, 0.2) is 22.7 Å². The van der Waals surface area contributed by atoms with Crippen LogP contribution >= 0.6 is 15.9 Å². The summed E-state index contributed by atoms with van der Waals surface area (Å²) in [6.45, 7) is 0. The summed E-state index contributed by atoms with van der Waals surface area (Å²) in [7, 11) is 0. The van der Waals surface area contributed by atoms with Gasteiger partial charge >= 0.3 is 0 Å². The van der Waals surface area contributed by atoms with Crippen LogP contribution in [0.3, 0.4) is 0 Å². The average molecular weight is 231 g/mol. The Balaban J connectivity index is 3.00. The van der Waals surface area contributed by atoms with Crippen LogP contribution < -0.4 is 5.73 Å². The molecule has 0 heterocycles. The molecule has 3 N–H and O–H groups in total. The predicted octanol–water partition coefficient (Wildman–Crippen LogP) is 2.07. The molecule has 0 saturated heterocycles. The van der Waals surface area contributed by atoms with Crippen molar-refractivity contribution < 1.29 is 4.39 Å². The standard InChI is InChI=1S/C8H8BrFN2/c9-6-3-1-2-5(8(6)10)4-7(11)12/h1-3H,4H2,(H3,11,12). The molecule has 12 heavy (non-hydrogen) atoms. The Kier molecular flexibility index (Phi) is 2.81. The van der Waals surface area contributed by atoms with Crippen molar-refractivity contribution in [2.24, 2.45) is 5.73 Å². The predicted molar refractivity (Wildman–Crippen MR) is 49.7 cm³/mol. The van der Waals surface area contributed by atoms with Gasteiger partial charge in [-0.25, -0.2) is 4.39 Å². The summed E-state index contributed by atoms with van der Waals surface area (Å²) in [6, 6.07) is 4.94. The van der Waals surface area contributed by atoms with Crippen molar-refractivity contribution in [3.05, 3.63) is 34.1 Å². The lowest BCUT2D eigenvalue weighted by Crippen LogP contribution is -2.13. The van der Waals surface area contributed by atoms with E-state index in [0.717, 1.165) is 0 Å². The lowest BCUT2D eigenvalue weighted by Gasteiger charge is -2.02. The van der Waals surface area contributed by atoms with E-state index in [0.29, 0.717) is 10.0 Å². The van der Waals surface area contributed by atoms with Gasteiger partial charge in [0.1, 0.15) is 5.82 Å². The van der Waals surface area contributed by atoms with Crippen LogP contribution in [0.2, 0.25) is 0 Å². The third-order valence-electron chi connectivity index (χ3n) is 1.41. The van der Waals surface area contributed by atoms with Crippen LogP contribution in [0.4, 0.5) is 4.39 Å². The average Bonchev–Trinajstić information content (AvgIpc) is 1.98. The summed E-state index contributed by atoms with van der Waals surface area (Å²) in [6.07, 6.45) is 0.158. The maximum atomic E-state index is 13.2. The Hall–Kier alpha value is -0.900. The van der Waals surface area contributed by atoms with E-state index in [1.54, 1.807) is 18.2 Å². The summed E-state index contributed by atoms with van der Waals surface area (Å²) in [4.78, 5) is 0. The monoisotopic (exact) mass is 230 g/mol. The molecule has 64 valence electrons. The van der Waals surface area contributed by atoms with Crippen molar-refractivity contribution in [2.45, 2.75) is 6.42 Å². The summed E-state index contributed by atoms with van der Waals surface area (Å²) in [5, 5.41) is 6.99. The highest BCUT2D eigenvalue weighted by atomic mass is 79.9. The highest BCUT2D eigenvalue weighted by Crippen LogP contribution is 2.18. The van der Waals surface area contributed by atoms with Gasteiger partial charge < -0.3 is 5.73 Å². The van der Waals surface area contributed by atoms with Crippen LogP contribution in [0, 0.1) is 11.2 Å². The molecule has 0 amide bonds. The molecule has 0 radical (unpaired) electrons. The largest absolute Gasteiger partial charge is 0.387 e. The van der Waals surface area contributed by atoms with Gasteiger partial charge in [0.15, 0.2) is 0 Å². The number of hydrogen-bond acceptors (Lipinski definition) is 1. The zero-order valence-corrected chi connectivity index (χ0v) is 7.86. The lowest BCUT2D eigenvalue weighted by molar-refractivity contribution is 0.609. The molecule has 0 bridgehead atoms. The number of nitrogens with two attached hydrogens (primary N) is 1. The Labute approximate surface area is 78.2 Å². The summed E-state index contributed by atoms with van der Waals surface area (Å²) in [5.41, 5.74) is 5.59. The first-order valence-electron chi connectivity index (χ1n) is 3.37. The minimum atomic E-state index is -0.340. The van der Waals surface area contributed by atoms with Crippen LogP contribution in [0.5, 0.6) is 0 Å². The Bertz CT molecular complexity index is 312. The SMILES string of the molecule is N=C(N)Cc1cccc(Br)c1F. The van der Waals surface area contributed by atoms with Gasteiger partial charge in [-0.3, -0.25) is 5.41 Å². The Morgan fingerprint density at radius 2 is 2.25 bits per heavy atom. The molecule has 0 aliphatic heterocycles. The van der Waals surface area contributed by atoms with Crippen LogP contribution in [-0.2, 0) is 6.42 Å². The first-order chi connectivity index (χ1) is 5.61. The third-order valence-corrected chi connectivity index (χ3v) is 2.02. The number of halogens is 2. The van der Waals surface area contributed by atoms with Gasteiger partial charge in [-0.2, -0.15) is 0 Å². The number of rotatable bonds is 2. The van der Waals surface area contributed by atoms with Gasteiger partial charge in [-0.05, 0) is 27.6 Å². The van der Waals surface area contributed by atoms with Gasteiger partial charge in [0.25, 0.3) is 0 Å². The van der Waals surface area contributed by atoms with Crippen molar-refractivity contribution in [2.75, 3.05) is 0 Å². The maximum absolute atomic E-state index is 13.2. The summed E-state index contributed by atoms with van der Waals surface area (Å²) >= 11 is 3.05. The summed E-state index contributed by atoms with van der Waals surface area (Å²) < 4.78 is 13.6. The highest BCUT2D eigenvalue weighted by molar-refractivity contribution is 9.10. The first-order valence-corrected chi connectivity index (χ1v) is 4.16. The molecular formula is C8H8BrFN2. The highest BCUT2D eigenvalue weighted by Gasteiger charge is 2.05. The van der Waals surface area contributed by atoms with Gasteiger partial charge in [0, 0.05) is 6.42 Å². The quantitative estimate of drug-likeness (QED) is 0.594. The number of benzene rings is 1. The van der Waals surface area contributed by atoms with Crippen molar-refractivity contribution in [1.29, 1.82) is 5.41 Å². The Morgan fingerprint density at radius 1 is 1.58 bits per heavy atom. The number of amidine groups is 1. The molecule has 0 spiro atoms. The fraction of sp³-hybridized carbons (Fsp3) is 0.125. The van der Waals surface area contributed by atoms with Crippen molar-refractivity contribution in [3.63, 3.8) is 0 Å². The second-order valence-electron chi connectivity index (χ2n) is 2.41. The molecule has 1 aromatic carbocycles. The molecule has 0 fully saturated rings. The van der Waals surface area contributed by atoms with Crippen LogP contribution in [0.1, 0.15) is 5.56 Å².